The van der Waals surface area contributed by atoms with Gasteiger partial charge in [0.15, 0.2) is 5.69 Å². The van der Waals surface area contributed by atoms with E-state index in [-0.39, 0.29) is 11.1 Å². The number of hydrogen-bond acceptors (Lipinski definition) is 7. The van der Waals surface area contributed by atoms with Gasteiger partial charge in [-0.2, -0.15) is 0 Å². The lowest BCUT2D eigenvalue weighted by Crippen LogP contribution is -2.43. The van der Waals surface area contributed by atoms with Crippen molar-refractivity contribution in [3.8, 4) is 0 Å². The Morgan fingerprint density at radius 1 is 1.43 bits per heavy atom. The average Bonchev–Trinajstić information content (AvgIpc) is 2.54. The topological polar surface area (TPSA) is 76.6 Å². The van der Waals surface area contributed by atoms with Crippen LogP contribution in [0.4, 0.5) is 5.95 Å². The van der Waals surface area contributed by atoms with E-state index in [0.717, 1.165) is 39.1 Å². The van der Waals surface area contributed by atoms with Crippen LogP contribution in [0.2, 0.25) is 0 Å². The standard InChI is InChI=1S/C16H26N4O3/c1-4-23-14(21)13-5-8-17-15(19-13)18-11-16(12-20(2)3)6-9-22-10-7-16/h5,8H,4,6-7,9-12H2,1-3H3,(H,17,18,19). The van der Waals surface area contributed by atoms with E-state index in [0.29, 0.717) is 12.6 Å². The molecule has 1 N–H and O–H groups in total. The lowest BCUT2D eigenvalue weighted by molar-refractivity contribution is 0.00898. The van der Waals surface area contributed by atoms with Crippen molar-refractivity contribution < 1.29 is 14.3 Å². The molecule has 0 spiro atoms. The number of anilines is 1. The molecular weight excluding hydrogens is 296 g/mol. The van der Waals surface area contributed by atoms with E-state index >= 15 is 0 Å². The Morgan fingerprint density at radius 3 is 2.83 bits per heavy atom. The summed E-state index contributed by atoms with van der Waals surface area (Å²) in [6, 6.07) is 1.56. The summed E-state index contributed by atoms with van der Waals surface area (Å²) in [5, 5.41) is 3.29. The van der Waals surface area contributed by atoms with Gasteiger partial charge in [-0.3, -0.25) is 0 Å². The van der Waals surface area contributed by atoms with E-state index in [4.69, 9.17) is 9.47 Å². The van der Waals surface area contributed by atoms with E-state index in [1.165, 1.54) is 0 Å². The highest BCUT2D eigenvalue weighted by molar-refractivity contribution is 5.87. The molecule has 128 valence electrons. The van der Waals surface area contributed by atoms with Gasteiger partial charge in [0, 0.05) is 37.9 Å². The zero-order valence-corrected chi connectivity index (χ0v) is 14.2. The van der Waals surface area contributed by atoms with Crippen molar-refractivity contribution in [3.05, 3.63) is 18.0 Å². The molecule has 7 nitrogen and oxygen atoms in total. The van der Waals surface area contributed by atoms with Gasteiger partial charge in [0.1, 0.15) is 0 Å². The van der Waals surface area contributed by atoms with Gasteiger partial charge in [-0.05, 0) is 39.9 Å². The van der Waals surface area contributed by atoms with Crippen molar-refractivity contribution >= 4 is 11.9 Å². The maximum absolute atomic E-state index is 11.7. The first-order valence-electron chi connectivity index (χ1n) is 8.01. The van der Waals surface area contributed by atoms with E-state index < -0.39 is 5.97 Å². The van der Waals surface area contributed by atoms with Gasteiger partial charge < -0.3 is 19.7 Å². The summed E-state index contributed by atoms with van der Waals surface area (Å²) < 4.78 is 10.5. The molecule has 23 heavy (non-hydrogen) atoms. The Hall–Kier alpha value is -1.73. The van der Waals surface area contributed by atoms with Crippen LogP contribution in [0.5, 0.6) is 0 Å². The predicted molar refractivity (Wildman–Crippen MR) is 87.5 cm³/mol. The summed E-state index contributed by atoms with van der Waals surface area (Å²) in [5.41, 5.74) is 0.406. The summed E-state index contributed by atoms with van der Waals surface area (Å²) >= 11 is 0. The predicted octanol–water partition coefficient (Wildman–Crippen LogP) is 1.42. The second kappa shape index (κ2) is 8.21. The Labute approximate surface area is 137 Å². The van der Waals surface area contributed by atoms with Crippen LogP contribution in [-0.4, -0.2) is 67.8 Å². The van der Waals surface area contributed by atoms with Crippen LogP contribution < -0.4 is 5.32 Å². The van der Waals surface area contributed by atoms with E-state index in [9.17, 15) is 4.79 Å². The molecule has 1 saturated heterocycles. The third-order valence-electron chi connectivity index (χ3n) is 3.97. The van der Waals surface area contributed by atoms with Crippen molar-refractivity contribution in [3.63, 3.8) is 0 Å². The highest BCUT2D eigenvalue weighted by Crippen LogP contribution is 2.31. The number of nitrogens with zero attached hydrogens (tertiary/aromatic N) is 3. The Bertz CT molecular complexity index is 516. The van der Waals surface area contributed by atoms with Crippen LogP contribution in [0.25, 0.3) is 0 Å². The summed E-state index contributed by atoms with van der Waals surface area (Å²) in [6.45, 7) is 5.38. The molecule has 2 heterocycles. The SMILES string of the molecule is CCOC(=O)c1ccnc(NCC2(CN(C)C)CCOCC2)n1. The molecule has 0 unspecified atom stereocenters. The van der Waals surface area contributed by atoms with Crippen LogP contribution in [0.3, 0.4) is 0 Å². The first-order valence-corrected chi connectivity index (χ1v) is 8.01. The zero-order chi connectivity index (χ0) is 16.7. The number of hydrogen-bond donors (Lipinski definition) is 1. The van der Waals surface area contributed by atoms with Crippen molar-refractivity contribution in [1.29, 1.82) is 0 Å². The fraction of sp³-hybridized carbons (Fsp3) is 0.688. The smallest absolute Gasteiger partial charge is 0.357 e. The second-order valence-corrected chi connectivity index (χ2v) is 6.19. The van der Waals surface area contributed by atoms with Gasteiger partial charge in [-0.15, -0.1) is 0 Å². The molecule has 2 rings (SSSR count). The highest BCUT2D eigenvalue weighted by Gasteiger charge is 2.33. The summed E-state index contributed by atoms with van der Waals surface area (Å²) in [5.74, 6) is 0.0344. The van der Waals surface area contributed by atoms with E-state index in [1.807, 2.05) is 0 Å². The molecule has 1 fully saturated rings. The molecule has 1 aliphatic rings. The molecule has 1 aromatic heterocycles. The van der Waals surface area contributed by atoms with Gasteiger partial charge in [0.05, 0.1) is 6.61 Å². The van der Waals surface area contributed by atoms with Crippen LogP contribution in [0.15, 0.2) is 12.3 Å². The average molecular weight is 322 g/mol. The normalized spacial score (nSPS) is 17.0. The quantitative estimate of drug-likeness (QED) is 0.761. The van der Waals surface area contributed by atoms with E-state index in [2.05, 4.69) is 34.3 Å². The zero-order valence-electron chi connectivity index (χ0n) is 14.2. The minimum Gasteiger partial charge on any atom is -0.461 e. The molecule has 0 saturated carbocycles. The third kappa shape index (κ3) is 5.14. The van der Waals surface area contributed by atoms with Gasteiger partial charge in [-0.25, -0.2) is 14.8 Å². The first kappa shape index (κ1) is 17.6. The minimum atomic E-state index is -0.424. The van der Waals surface area contributed by atoms with Crippen molar-refractivity contribution in [1.82, 2.24) is 14.9 Å². The van der Waals surface area contributed by atoms with Crippen molar-refractivity contribution in [2.24, 2.45) is 5.41 Å². The van der Waals surface area contributed by atoms with Gasteiger partial charge in [0.25, 0.3) is 0 Å². The highest BCUT2D eigenvalue weighted by atomic mass is 16.5. The Morgan fingerprint density at radius 2 is 2.17 bits per heavy atom. The third-order valence-corrected chi connectivity index (χ3v) is 3.97. The van der Waals surface area contributed by atoms with Crippen LogP contribution >= 0.6 is 0 Å². The second-order valence-electron chi connectivity index (χ2n) is 6.19. The molecular formula is C16H26N4O3. The summed E-state index contributed by atoms with van der Waals surface area (Å²) in [4.78, 5) is 22.4. The fourth-order valence-electron chi connectivity index (χ4n) is 2.90. The molecule has 0 aromatic carbocycles. The van der Waals surface area contributed by atoms with Crippen LogP contribution in [0.1, 0.15) is 30.3 Å². The van der Waals surface area contributed by atoms with Crippen LogP contribution in [0, 0.1) is 5.41 Å². The van der Waals surface area contributed by atoms with E-state index in [1.54, 1.807) is 19.2 Å². The number of aromatic nitrogens is 2. The van der Waals surface area contributed by atoms with Crippen LogP contribution in [-0.2, 0) is 9.47 Å². The van der Waals surface area contributed by atoms with Crippen molar-refractivity contribution in [2.75, 3.05) is 52.3 Å². The number of carbonyl (C=O) groups excluding carboxylic acids is 1. The molecule has 0 bridgehead atoms. The maximum atomic E-state index is 11.7. The number of esters is 1. The first-order chi connectivity index (χ1) is 11.0. The summed E-state index contributed by atoms with van der Waals surface area (Å²) in [6.07, 6.45) is 3.57. The molecule has 0 aliphatic carbocycles. The summed E-state index contributed by atoms with van der Waals surface area (Å²) in [7, 11) is 4.16. The Kier molecular flexibility index (Phi) is 6.29. The van der Waals surface area contributed by atoms with Gasteiger partial charge in [0.2, 0.25) is 5.95 Å². The lowest BCUT2D eigenvalue weighted by atomic mass is 9.79. The maximum Gasteiger partial charge on any atom is 0.357 e. The number of ether oxygens (including phenoxy) is 2. The van der Waals surface area contributed by atoms with Gasteiger partial charge in [-0.1, -0.05) is 0 Å². The number of carbonyl (C=O) groups is 1. The van der Waals surface area contributed by atoms with Crippen molar-refractivity contribution in [2.45, 2.75) is 19.8 Å². The monoisotopic (exact) mass is 322 g/mol. The molecule has 7 heteroatoms. The largest absolute Gasteiger partial charge is 0.461 e. The molecule has 0 amide bonds. The minimum absolute atomic E-state index is 0.130. The van der Waals surface area contributed by atoms with Gasteiger partial charge >= 0.3 is 5.97 Å². The number of rotatable bonds is 7. The lowest BCUT2D eigenvalue weighted by Gasteiger charge is -2.39. The molecule has 0 atom stereocenters. The fourth-order valence-corrected chi connectivity index (χ4v) is 2.90. The molecule has 1 aromatic rings. The molecule has 1 aliphatic heterocycles. The Balaban J connectivity index is 2.02. The molecule has 0 radical (unpaired) electrons. The number of nitrogens with one attached hydrogen (secondary N) is 1.